The van der Waals surface area contributed by atoms with Crippen molar-refractivity contribution < 1.29 is 14.6 Å². The van der Waals surface area contributed by atoms with Gasteiger partial charge in [0.2, 0.25) is 0 Å². The first-order valence-electron chi connectivity index (χ1n) is 8.45. The summed E-state index contributed by atoms with van der Waals surface area (Å²) >= 11 is 0. The Balaban J connectivity index is 1.46. The lowest BCUT2D eigenvalue weighted by Crippen LogP contribution is -2.64. The molecule has 5 nitrogen and oxygen atoms in total. The van der Waals surface area contributed by atoms with Crippen LogP contribution in [0.25, 0.3) is 0 Å². The molecule has 4 bridgehead atoms. The summed E-state index contributed by atoms with van der Waals surface area (Å²) in [5.41, 5.74) is 0.0458. The van der Waals surface area contributed by atoms with Gasteiger partial charge in [0.25, 0.3) is 0 Å². The third-order valence-electron chi connectivity index (χ3n) is 6.11. The van der Waals surface area contributed by atoms with Crippen molar-refractivity contribution in [2.45, 2.75) is 50.1 Å². The van der Waals surface area contributed by atoms with Crippen LogP contribution in [0.1, 0.15) is 38.5 Å². The fourth-order valence-electron chi connectivity index (χ4n) is 5.64. The molecule has 1 atom stereocenters. The normalized spacial score (nSPS) is 44.9. The lowest BCUT2D eigenvalue weighted by molar-refractivity contribution is -0.0300. The monoisotopic (exact) mass is 294 g/mol. The summed E-state index contributed by atoms with van der Waals surface area (Å²) in [4.78, 5) is 14.5. The second-order valence-corrected chi connectivity index (χ2v) is 7.73. The highest BCUT2D eigenvalue weighted by atomic mass is 16.5. The number of morpholine rings is 1. The summed E-state index contributed by atoms with van der Waals surface area (Å²) in [6.07, 6.45) is 7.64. The van der Waals surface area contributed by atoms with Gasteiger partial charge < -0.3 is 20.1 Å². The number of amides is 2. The molecule has 4 aliphatic carbocycles. The summed E-state index contributed by atoms with van der Waals surface area (Å²) in [6, 6.07) is -0.174. The van der Waals surface area contributed by atoms with Crippen molar-refractivity contribution >= 4 is 6.03 Å². The highest BCUT2D eigenvalue weighted by molar-refractivity contribution is 5.75. The molecule has 0 aromatic carbocycles. The SMILES string of the molecule is O=C(NC12CC3CC(CC(C3)C1)C2)N1CCOCC1CO. The van der Waals surface area contributed by atoms with E-state index < -0.39 is 0 Å². The van der Waals surface area contributed by atoms with Crippen LogP contribution in [-0.2, 0) is 4.74 Å². The van der Waals surface area contributed by atoms with E-state index in [1.807, 2.05) is 0 Å². The molecule has 4 saturated carbocycles. The van der Waals surface area contributed by atoms with Crippen LogP contribution in [0.5, 0.6) is 0 Å². The van der Waals surface area contributed by atoms with Gasteiger partial charge in [0.15, 0.2) is 0 Å². The van der Waals surface area contributed by atoms with E-state index in [4.69, 9.17) is 4.74 Å². The Morgan fingerprint density at radius 1 is 1.19 bits per heavy atom. The number of aliphatic hydroxyl groups is 1. The van der Waals surface area contributed by atoms with Crippen molar-refractivity contribution in [2.75, 3.05) is 26.4 Å². The van der Waals surface area contributed by atoms with Crippen LogP contribution in [0, 0.1) is 17.8 Å². The maximum absolute atomic E-state index is 12.7. The number of hydrogen-bond donors (Lipinski definition) is 2. The van der Waals surface area contributed by atoms with E-state index in [1.54, 1.807) is 4.90 Å². The molecule has 0 radical (unpaired) electrons. The van der Waals surface area contributed by atoms with Gasteiger partial charge in [-0.2, -0.15) is 0 Å². The van der Waals surface area contributed by atoms with Gasteiger partial charge in [-0.05, 0) is 56.3 Å². The topological polar surface area (TPSA) is 61.8 Å². The van der Waals surface area contributed by atoms with Crippen LogP contribution < -0.4 is 5.32 Å². The highest BCUT2D eigenvalue weighted by Gasteiger charge is 2.52. The number of ether oxygens (including phenoxy) is 1. The Kier molecular flexibility index (Phi) is 3.38. The summed E-state index contributed by atoms with van der Waals surface area (Å²) < 4.78 is 5.37. The first kappa shape index (κ1) is 13.8. The third kappa shape index (κ3) is 2.44. The van der Waals surface area contributed by atoms with E-state index in [1.165, 1.54) is 38.5 Å². The fraction of sp³-hybridized carbons (Fsp3) is 0.938. The molecule has 5 aliphatic rings. The Hall–Kier alpha value is -0.810. The van der Waals surface area contributed by atoms with Gasteiger partial charge in [0, 0.05) is 12.1 Å². The molecule has 5 fully saturated rings. The zero-order valence-corrected chi connectivity index (χ0v) is 12.6. The summed E-state index contributed by atoms with van der Waals surface area (Å²) in [7, 11) is 0. The molecule has 118 valence electrons. The van der Waals surface area contributed by atoms with Crippen LogP contribution in [0.3, 0.4) is 0 Å². The fourth-order valence-corrected chi connectivity index (χ4v) is 5.64. The Morgan fingerprint density at radius 2 is 1.81 bits per heavy atom. The van der Waals surface area contributed by atoms with Crippen LogP contribution in [0.4, 0.5) is 4.79 Å². The van der Waals surface area contributed by atoms with Crippen molar-refractivity contribution in [3.63, 3.8) is 0 Å². The maximum Gasteiger partial charge on any atom is 0.318 e. The van der Waals surface area contributed by atoms with Gasteiger partial charge in [-0.3, -0.25) is 0 Å². The summed E-state index contributed by atoms with van der Waals surface area (Å²) in [5.74, 6) is 2.49. The van der Waals surface area contributed by atoms with Gasteiger partial charge in [-0.15, -0.1) is 0 Å². The second kappa shape index (κ2) is 5.13. The Morgan fingerprint density at radius 3 is 2.38 bits per heavy atom. The largest absolute Gasteiger partial charge is 0.394 e. The maximum atomic E-state index is 12.7. The van der Waals surface area contributed by atoms with E-state index in [2.05, 4.69) is 5.32 Å². The van der Waals surface area contributed by atoms with E-state index in [0.29, 0.717) is 19.8 Å². The smallest absolute Gasteiger partial charge is 0.318 e. The molecular weight excluding hydrogens is 268 g/mol. The van der Waals surface area contributed by atoms with Crippen molar-refractivity contribution in [3.8, 4) is 0 Å². The van der Waals surface area contributed by atoms with Crippen LogP contribution in [0.15, 0.2) is 0 Å². The second-order valence-electron chi connectivity index (χ2n) is 7.73. The lowest BCUT2D eigenvalue weighted by Gasteiger charge is -2.57. The minimum absolute atomic E-state index is 0.0132. The first-order chi connectivity index (χ1) is 10.2. The predicted molar refractivity (Wildman–Crippen MR) is 77.8 cm³/mol. The molecule has 2 N–H and O–H groups in total. The number of carbonyl (C=O) groups excluding carboxylic acids is 1. The molecule has 1 aliphatic heterocycles. The van der Waals surface area contributed by atoms with Gasteiger partial charge in [-0.1, -0.05) is 0 Å². The average Bonchev–Trinajstić information content (AvgIpc) is 2.45. The zero-order chi connectivity index (χ0) is 14.4. The van der Waals surface area contributed by atoms with Gasteiger partial charge in [-0.25, -0.2) is 4.79 Å². The number of rotatable bonds is 2. The Labute approximate surface area is 126 Å². The Bertz CT molecular complexity index is 390. The molecule has 5 heteroatoms. The summed E-state index contributed by atoms with van der Waals surface area (Å²) in [5, 5.41) is 12.8. The highest BCUT2D eigenvalue weighted by Crippen LogP contribution is 2.55. The quantitative estimate of drug-likeness (QED) is 0.808. The molecule has 0 aromatic heterocycles. The van der Waals surface area contributed by atoms with E-state index in [9.17, 15) is 9.90 Å². The van der Waals surface area contributed by atoms with Crippen LogP contribution in [-0.4, -0.2) is 54.0 Å². The molecule has 2 amide bonds. The number of carbonyl (C=O) groups is 1. The molecule has 0 aromatic rings. The standard InChI is InChI=1S/C16H26N2O3/c19-9-14-10-21-2-1-18(14)15(20)17-16-6-11-3-12(7-16)5-13(4-11)8-16/h11-14,19H,1-10H2,(H,17,20). The minimum Gasteiger partial charge on any atom is -0.394 e. The molecular formula is C16H26N2O3. The molecule has 1 unspecified atom stereocenters. The predicted octanol–water partition coefficient (Wildman–Crippen LogP) is 1.36. The first-order valence-corrected chi connectivity index (χ1v) is 8.45. The zero-order valence-electron chi connectivity index (χ0n) is 12.6. The van der Waals surface area contributed by atoms with Crippen molar-refractivity contribution in [1.82, 2.24) is 10.2 Å². The van der Waals surface area contributed by atoms with Crippen molar-refractivity contribution in [1.29, 1.82) is 0 Å². The molecule has 5 rings (SSSR count). The van der Waals surface area contributed by atoms with Gasteiger partial charge >= 0.3 is 6.03 Å². The van der Waals surface area contributed by atoms with Gasteiger partial charge in [0.05, 0.1) is 25.9 Å². The van der Waals surface area contributed by atoms with Crippen LogP contribution >= 0.6 is 0 Å². The molecule has 21 heavy (non-hydrogen) atoms. The lowest BCUT2D eigenvalue weighted by atomic mass is 9.53. The van der Waals surface area contributed by atoms with E-state index in [0.717, 1.165) is 17.8 Å². The summed E-state index contributed by atoms with van der Waals surface area (Å²) in [6.45, 7) is 1.59. The third-order valence-corrected chi connectivity index (χ3v) is 6.11. The van der Waals surface area contributed by atoms with Gasteiger partial charge in [0.1, 0.15) is 0 Å². The minimum atomic E-state index is -0.187. The van der Waals surface area contributed by atoms with E-state index >= 15 is 0 Å². The van der Waals surface area contributed by atoms with Crippen molar-refractivity contribution in [3.05, 3.63) is 0 Å². The van der Waals surface area contributed by atoms with Crippen LogP contribution in [0.2, 0.25) is 0 Å². The molecule has 1 saturated heterocycles. The number of hydrogen-bond acceptors (Lipinski definition) is 3. The molecule has 1 heterocycles. The number of aliphatic hydroxyl groups excluding tert-OH is 1. The average molecular weight is 294 g/mol. The number of urea groups is 1. The number of nitrogens with zero attached hydrogens (tertiary/aromatic N) is 1. The van der Waals surface area contributed by atoms with Crippen molar-refractivity contribution in [2.24, 2.45) is 17.8 Å². The number of nitrogens with one attached hydrogen (secondary N) is 1. The molecule has 0 spiro atoms. The van der Waals surface area contributed by atoms with E-state index in [-0.39, 0.29) is 24.2 Å².